The number of nitrogens with one attached hydrogen (secondary N) is 1. The van der Waals surface area contributed by atoms with Gasteiger partial charge in [0.2, 0.25) is 5.91 Å². The van der Waals surface area contributed by atoms with Gasteiger partial charge in [-0.05, 0) is 57.0 Å². The summed E-state index contributed by atoms with van der Waals surface area (Å²) in [6.07, 6.45) is 4.64. The van der Waals surface area contributed by atoms with Crippen LogP contribution < -0.4 is 5.32 Å². The number of carbonyl (C=O) groups is 3. The molecule has 0 atom stereocenters. The Hall–Kier alpha value is -3.27. The Morgan fingerprint density at radius 1 is 1.05 bits per heavy atom. The van der Waals surface area contributed by atoms with E-state index in [-0.39, 0.29) is 42.2 Å². The number of hydrogen-bond acceptors (Lipinski definition) is 5. The first-order valence-corrected chi connectivity index (χ1v) is 13.3. The van der Waals surface area contributed by atoms with Gasteiger partial charge in [-0.25, -0.2) is 4.39 Å². The average Bonchev–Trinajstić information content (AvgIpc) is 3.28. The van der Waals surface area contributed by atoms with E-state index in [1.54, 1.807) is 32.7 Å². The smallest absolute Gasteiger partial charge is 0.274 e. The van der Waals surface area contributed by atoms with Crippen LogP contribution in [0.4, 0.5) is 4.39 Å². The summed E-state index contributed by atoms with van der Waals surface area (Å²) in [6, 6.07) is 7.65. The van der Waals surface area contributed by atoms with Crippen molar-refractivity contribution in [3.63, 3.8) is 0 Å². The molecule has 1 aromatic heterocycles. The molecule has 2 aromatic rings. The lowest BCUT2D eigenvalue weighted by molar-refractivity contribution is -0.121. The summed E-state index contributed by atoms with van der Waals surface area (Å²) < 4.78 is 14.8. The number of rotatable bonds is 10. The Morgan fingerprint density at radius 2 is 1.81 bits per heavy atom. The zero-order valence-electron chi connectivity index (χ0n) is 21.6. The van der Waals surface area contributed by atoms with Gasteiger partial charge < -0.3 is 20.0 Å². The quantitative estimate of drug-likeness (QED) is 0.528. The minimum Gasteiger partial charge on any atom is -0.355 e. The molecule has 0 radical (unpaired) electrons. The van der Waals surface area contributed by atoms with Crippen molar-refractivity contribution in [2.75, 3.05) is 45.8 Å². The van der Waals surface area contributed by atoms with E-state index in [4.69, 9.17) is 0 Å². The fourth-order valence-electron chi connectivity index (χ4n) is 4.93. The molecule has 2 aliphatic heterocycles. The number of piperidine rings is 1. The highest BCUT2D eigenvalue weighted by Gasteiger charge is 2.28. The molecule has 200 valence electrons. The van der Waals surface area contributed by atoms with Crippen LogP contribution in [-0.2, 0) is 17.9 Å². The number of amides is 3. The second-order valence-corrected chi connectivity index (χ2v) is 9.73. The zero-order valence-corrected chi connectivity index (χ0v) is 21.6. The topological polar surface area (TPSA) is 90.8 Å². The molecule has 0 bridgehead atoms. The normalized spacial score (nSPS) is 16.3. The van der Waals surface area contributed by atoms with Crippen molar-refractivity contribution in [1.29, 1.82) is 0 Å². The van der Waals surface area contributed by atoms with Crippen LogP contribution in [0.25, 0.3) is 0 Å². The van der Waals surface area contributed by atoms with E-state index < -0.39 is 0 Å². The van der Waals surface area contributed by atoms with Crippen LogP contribution >= 0.6 is 0 Å². The molecule has 1 aromatic carbocycles. The molecule has 0 spiro atoms. The number of benzene rings is 1. The summed E-state index contributed by atoms with van der Waals surface area (Å²) in [7, 11) is 0. The maximum Gasteiger partial charge on any atom is 0.274 e. The Balaban J connectivity index is 1.31. The minimum atomic E-state index is -0.317. The largest absolute Gasteiger partial charge is 0.355 e. The van der Waals surface area contributed by atoms with Crippen molar-refractivity contribution in [2.45, 2.75) is 52.1 Å². The molecule has 3 heterocycles. The van der Waals surface area contributed by atoms with Crippen LogP contribution in [0, 0.1) is 5.82 Å². The van der Waals surface area contributed by atoms with E-state index in [0.717, 1.165) is 25.2 Å². The molecule has 10 heteroatoms. The molecule has 37 heavy (non-hydrogen) atoms. The van der Waals surface area contributed by atoms with Crippen molar-refractivity contribution >= 4 is 17.7 Å². The zero-order chi connectivity index (χ0) is 26.2. The van der Waals surface area contributed by atoms with Gasteiger partial charge >= 0.3 is 0 Å². The van der Waals surface area contributed by atoms with E-state index in [1.165, 1.54) is 31.4 Å². The molecule has 0 unspecified atom stereocenters. The summed E-state index contributed by atoms with van der Waals surface area (Å²) in [5.74, 6) is -0.885. The second-order valence-electron chi connectivity index (χ2n) is 9.73. The van der Waals surface area contributed by atoms with E-state index in [2.05, 4.69) is 15.3 Å². The highest BCUT2D eigenvalue weighted by molar-refractivity contribution is 5.98. The van der Waals surface area contributed by atoms with Gasteiger partial charge in [-0.3, -0.25) is 19.1 Å². The van der Waals surface area contributed by atoms with Gasteiger partial charge in [0.15, 0.2) is 5.69 Å². The summed E-state index contributed by atoms with van der Waals surface area (Å²) in [5.41, 5.74) is 1.42. The number of fused-ring (bicyclic) bond motifs is 1. The van der Waals surface area contributed by atoms with Crippen molar-refractivity contribution in [3.8, 4) is 0 Å². The molecule has 3 amide bonds. The van der Waals surface area contributed by atoms with Gasteiger partial charge in [-0.2, -0.15) is 5.10 Å². The Morgan fingerprint density at radius 3 is 2.54 bits per heavy atom. The van der Waals surface area contributed by atoms with Crippen LogP contribution in [0.2, 0.25) is 0 Å². The van der Waals surface area contributed by atoms with E-state index in [0.29, 0.717) is 44.8 Å². The maximum atomic E-state index is 13.2. The fraction of sp³-hybridized carbons (Fsp3) is 0.556. The van der Waals surface area contributed by atoms with Crippen LogP contribution in [0.3, 0.4) is 0 Å². The van der Waals surface area contributed by atoms with Crippen LogP contribution in [0.5, 0.6) is 0 Å². The van der Waals surface area contributed by atoms with Gasteiger partial charge in [0.25, 0.3) is 11.8 Å². The van der Waals surface area contributed by atoms with Crippen molar-refractivity contribution in [1.82, 2.24) is 29.8 Å². The molecule has 2 aliphatic rings. The third kappa shape index (κ3) is 7.15. The average molecular weight is 513 g/mol. The van der Waals surface area contributed by atoms with Gasteiger partial charge in [0, 0.05) is 58.3 Å². The first-order valence-electron chi connectivity index (χ1n) is 13.3. The van der Waals surface area contributed by atoms with Gasteiger partial charge in [-0.15, -0.1) is 0 Å². The molecule has 1 saturated heterocycles. The third-order valence-corrected chi connectivity index (χ3v) is 7.07. The predicted molar refractivity (Wildman–Crippen MR) is 137 cm³/mol. The summed E-state index contributed by atoms with van der Waals surface area (Å²) in [5, 5.41) is 7.39. The van der Waals surface area contributed by atoms with E-state index in [1.807, 2.05) is 6.92 Å². The maximum absolute atomic E-state index is 13.2. The molecule has 1 fully saturated rings. The molecular weight excluding hydrogens is 475 g/mol. The fourth-order valence-corrected chi connectivity index (χ4v) is 4.93. The number of aromatic nitrogens is 2. The number of carbonyl (C=O) groups excluding carboxylic acids is 3. The second kappa shape index (κ2) is 12.8. The van der Waals surface area contributed by atoms with Gasteiger partial charge in [-0.1, -0.05) is 18.6 Å². The SMILES string of the molecule is CCN(CCC(=O)NCCN1CCCCC1)C(=O)c1cc2n(n1)CCCN(Cc1ccc(F)cc1)C2=O. The van der Waals surface area contributed by atoms with Crippen LogP contribution in [-0.4, -0.2) is 88.0 Å². The number of hydrogen-bond donors (Lipinski definition) is 1. The number of aryl methyl sites for hydroxylation is 1. The molecule has 1 N–H and O–H groups in total. The van der Waals surface area contributed by atoms with E-state index in [9.17, 15) is 18.8 Å². The first-order chi connectivity index (χ1) is 17.9. The molecular formula is C27H37FN6O3. The first kappa shape index (κ1) is 26.8. The Bertz CT molecular complexity index is 1080. The van der Waals surface area contributed by atoms with Crippen molar-refractivity contribution < 1.29 is 18.8 Å². The van der Waals surface area contributed by atoms with Gasteiger partial charge in [0.1, 0.15) is 11.5 Å². The Kier molecular flexibility index (Phi) is 9.27. The van der Waals surface area contributed by atoms with Crippen molar-refractivity contribution in [2.24, 2.45) is 0 Å². The standard InChI is InChI=1S/C27H37FN6O3/c1-2-32(17-11-25(35)29-12-18-31-13-4-3-5-14-31)26(36)23-19-24-27(37)33(15-6-16-34(24)30-23)20-21-7-9-22(28)10-8-21/h7-10,19H,2-6,11-18,20H2,1H3,(H,29,35). The third-order valence-electron chi connectivity index (χ3n) is 7.07. The van der Waals surface area contributed by atoms with E-state index >= 15 is 0 Å². The lowest BCUT2D eigenvalue weighted by atomic mass is 10.1. The molecule has 9 nitrogen and oxygen atoms in total. The van der Waals surface area contributed by atoms with Crippen LogP contribution in [0.15, 0.2) is 30.3 Å². The van der Waals surface area contributed by atoms with Gasteiger partial charge in [0.05, 0.1) is 0 Å². The molecule has 0 saturated carbocycles. The van der Waals surface area contributed by atoms with Crippen molar-refractivity contribution in [3.05, 3.63) is 53.1 Å². The summed E-state index contributed by atoms with van der Waals surface area (Å²) in [6.45, 7) is 7.69. The predicted octanol–water partition coefficient (Wildman–Crippen LogP) is 2.52. The van der Waals surface area contributed by atoms with Crippen LogP contribution in [0.1, 0.15) is 65.6 Å². The highest BCUT2D eigenvalue weighted by atomic mass is 19.1. The number of nitrogens with zero attached hydrogens (tertiary/aromatic N) is 5. The number of likely N-dealkylation sites (tertiary alicyclic amines) is 1. The molecule has 4 rings (SSSR count). The minimum absolute atomic E-state index is 0.0736. The molecule has 0 aliphatic carbocycles. The number of halogens is 1. The highest BCUT2D eigenvalue weighted by Crippen LogP contribution is 2.18. The lowest BCUT2D eigenvalue weighted by Crippen LogP contribution is -2.39. The summed E-state index contributed by atoms with van der Waals surface area (Å²) >= 11 is 0. The monoisotopic (exact) mass is 512 g/mol. The Labute approximate surface area is 217 Å². The summed E-state index contributed by atoms with van der Waals surface area (Å²) in [4.78, 5) is 44.4. The lowest BCUT2D eigenvalue weighted by Gasteiger charge is -2.26.